The maximum atomic E-state index is 12.4. The fraction of sp³-hybridized carbons (Fsp3) is 0.706. The van der Waals surface area contributed by atoms with Crippen LogP contribution in [0.15, 0.2) is 10.5 Å². The van der Waals surface area contributed by atoms with Gasteiger partial charge in [0.15, 0.2) is 0 Å². The number of amides is 2. The fourth-order valence-corrected chi connectivity index (χ4v) is 3.24. The van der Waals surface area contributed by atoms with Crippen molar-refractivity contribution in [3.05, 3.63) is 23.2 Å². The largest absolute Gasteiger partial charge is 0.466 e. The second kappa shape index (κ2) is 6.73. The van der Waals surface area contributed by atoms with Gasteiger partial charge in [-0.15, -0.1) is 0 Å². The minimum atomic E-state index is -0.0688. The van der Waals surface area contributed by atoms with Gasteiger partial charge in [0.25, 0.3) is 0 Å². The lowest BCUT2D eigenvalue weighted by Gasteiger charge is -2.40. The van der Waals surface area contributed by atoms with E-state index in [1.807, 2.05) is 31.7 Å². The highest BCUT2D eigenvalue weighted by molar-refractivity contribution is 5.74. The number of aliphatic hydroxyl groups is 1. The molecule has 1 atom stereocenters. The van der Waals surface area contributed by atoms with E-state index in [0.717, 1.165) is 36.3 Å². The summed E-state index contributed by atoms with van der Waals surface area (Å²) in [5, 5.41) is 12.6. The molecule has 0 aliphatic carbocycles. The van der Waals surface area contributed by atoms with E-state index < -0.39 is 0 Å². The van der Waals surface area contributed by atoms with Gasteiger partial charge in [0.2, 0.25) is 0 Å². The lowest BCUT2D eigenvalue weighted by atomic mass is 9.77. The van der Waals surface area contributed by atoms with E-state index in [-0.39, 0.29) is 24.1 Å². The quantitative estimate of drug-likeness (QED) is 0.898. The predicted octanol–water partition coefficient (Wildman–Crippen LogP) is 3.15. The number of carbonyl (C=O) groups excluding carboxylic acids is 1. The molecule has 0 radical (unpaired) electrons. The normalized spacial score (nSPS) is 19.0. The van der Waals surface area contributed by atoms with Crippen LogP contribution >= 0.6 is 0 Å². The van der Waals surface area contributed by atoms with E-state index in [1.54, 1.807) is 0 Å². The molecule has 1 fully saturated rings. The molecule has 0 bridgehead atoms. The summed E-state index contributed by atoms with van der Waals surface area (Å²) in [6.45, 7) is 9.54. The molecule has 1 aromatic rings. The van der Waals surface area contributed by atoms with Gasteiger partial charge in [0, 0.05) is 25.3 Å². The Hall–Kier alpha value is -1.49. The van der Waals surface area contributed by atoms with Crippen molar-refractivity contribution in [2.75, 3.05) is 19.7 Å². The number of carbonyl (C=O) groups is 1. The molecule has 22 heavy (non-hydrogen) atoms. The maximum absolute atomic E-state index is 12.4. The highest BCUT2D eigenvalue weighted by Crippen LogP contribution is 2.34. The number of rotatable bonds is 4. The van der Waals surface area contributed by atoms with Crippen molar-refractivity contribution in [1.29, 1.82) is 0 Å². The molecule has 1 aromatic heterocycles. The van der Waals surface area contributed by atoms with Crippen LogP contribution in [0.2, 0.25) is 0 Å². The molecule has 124 valence electrons. The Morgan fingerprint density at radius 3 is 2.55 bits per heavy atom. The van der Waals surface area contributed by atoms with E-state index in [9.17, 15) is 9.90 Å². The zero-order valence-corrected chi connectivity index (χ0v) is 14.1. The molecule has 1 aliphatic rings. The fourth-order valence-electron chi connectivity index (χ4n) is 3.24. The van der Waals surface area contributed by atoms with Crippen molar-refractivity contribution in [3.8, 4) is 0 Å². The Bertz CT molecular complexity index is 510. The Kier molecular flexibility index (Phi) is 5.16. The molecule has 2 amide bonds. The summed E-state index contributed by atoms with van der Waals surface area (Å²) in [4.78, 5) is 14.3. The standard InChI is InChI=1S/C17H28N2O3/c1-5-17(11-20)6-8-19(9-7-17)16(21)18-13(3)15-10-12(2)22-14(15)4/h10,13,20H,5-9,11H2,1-4H3,(H,18,21). The van der Waals surface area contributed by atoms with Crippen molar-refractivity contribution in [3.63, 3.8) is 0 Å². The van der Waals surface area contributed by atoms with Crippen LogP contribution < -0.4 is 5.32 Å². The van der Waals surface area contributed by atoms with Gasteiger partial charge in [-0.25, -0.2) is 4.79 Å². The van der Waals surface area contributed by atoms with Gasteiger partial charge in [-0.2, -0.15) is 0 Å². The second-order valence-electron chi connectivity index (χ2n) is 6.54. The number of aryl methyl sites for hydroxylation is 2. The number of nitrogens with zero attached hydrogens (tertiary/aromatic N) is 1. The van der Waals surface area contributed by atoms with Gasteiger partial charge in [-0.1, -0.05) is 6.92 Å². The number of aliphatic hydroxyl groups excluding tert-OH is 1. The monoisotopic (exact) mass is 308 g/mol. The average Bonchev–Trinajstić information content (AvgIpc) is 2.86. The van der Waals surface area contributed by atoms with Gasteiger partial charge in [-0.05, 0) is 51.5 Å². The van der Waals surface area contributed by atoms with Crippen LogP contribution in [0.1, 0.15) is 56.2 Å². The van der Waals surface area contributed by atoms with Crippen LogP contribution in [0.4, 0.5) is 4.79 Å². The van der Waals surface area contributed by atoms with Gasteiger partial charge >= 0.3 is 6.03 Å². The van der Waals surface area contributed by atoms with Crippen LogP contribution in [0, 0.1) is 19.3 Å². The Balaban J connectivity index is 1.92. The molecule has 1 saturated heterocycles. The smallest absolute Gasteiger partial charge is 0.317 e. The van der Waals surface area contributed by atoms with Crippen molar-refractivity contribution >= 4 is 6.03 Å². The zero-order chi connectivity index (χ0) is 16.3. The summed E-state index contributed by atoms with van der Waals surface area (Å²) in [7, 11) is 0. The molecule has 0 saturated carbocycles. The van der Waals surface area contributed by atoms with Gasteiger partial charge in [-0.3, -0.25) is 0 Å². The van der Waals surface area contributed by atoms with E-state index in [2.05, 4.69) is 12.2 Å². The van der Waals surface area contributed by atoms with Crippen molar-refractivity contribution in [2.24, 2.45) is 5.41 Å². The first kappa shape index (κ1) is 16.9. The molecule has 2 N–H and O–H groups in total. The van der Waals surface area contributed by atoms with Crippen LogP contribution in [-0.4, -0.2) is 35.7 Å². The first-order chi connectivity index (χ1) is 10.4. The zero-order valence-electron chi connectivity index (χ0n) is 14.1. The Morgan fingerprint density at radius 2 is 2.09 bits per heavy atom. The minimum absolute atomic E-state index is 0.000649. The third-order valence-corrected chi connectivity index (χ3v) is 5.08. The van der Waals surface area contributed by atoms with Crippen molar-refractivity contribution in [1.82, 2.24) is 10.2 Å². The molecular weight excluding hydrogens is 280 g/mol. The molecule has 1 unspecified atom stereocenters. The van der Waals surface area contributed by atoms with Gasteiger partial charge in [0.1, 0.15) is 11.5 Å². The van der Waals surface area contributed by atoms with Crippen LogP contribution in [0.5, 0.6) is 0 Å². The number of nitrogens with one attached hydrogen (secondary N) is 1. The van der Waals surface area contributed by atoms with Crippen LogP contribution in [0.25, 0.3) is 0 Å². The predicted molar refractivity (Wildman–Crippen MR) is 85.7 cm³/mol. The van der Waals surface area contributed by atoms with Crippen molar-refractivity contribution < 1.29 is 14.3 Å². The van der Waals surface area contributed by atoms with E-state index >= 15 is 0 Å². The summed E-state index contributed by atoms with van der Waals surface area (Å²) in [5.41, 5.74) is 1.03. The summed E-state index contributed by atoms with van der Waals surface area (Å²) in [6, 6.07) is 1.87. The summed E-state index contributed by atoms with van der Waals surface area (Å²) in [5.74, 6) is 1.72. The van der Waals surface area contributed by atoms with Gasteiger partial charge < -0.3 is 19.7 Å². The summed E-state index contributed by atoms with van der Waals surface area (Å²) in [6.07, 6.45) is 2.69. The van der Waals surface area contributed by atoms with Crippen LogP contribution in [0.3, 0.4) is 0 Å². The molecule has 1 aliphatic heterocycles. The Morgan fingerprint density at radius 1 is 1.45 bits per heavy atom. The first-order valence-corrected chi connectivity index (χ1v) is 8.14. The maximum Gasteiger partial charge on any atom is 0.317 e. The third kappa shape index (κ3) is 3.46. The number of piperidine rings is 1. The lowest BCUT2D eigenvalue weighted by Crippen LogP contribution is -2.48. The lowest BCUT2D eigenvalue weighted by molar-refractivity contribution is 0.0515. The van der Waals surface area contributed by atoms with Gasteiger partial charge in [0.05, 0.1) is 6.04 Å². The minimum Gasteiger partial charge on any atom is -0.466 e. The third-order valence-electron chi connectivity index (χ3n) is 5.08. The topological polar surface area (TPSA) is 65.7 Å². The second-order valence-corrected chi connectivity index (χ2v) is 6.54. The molecule has 5 nitrogen and oxygen atoms in total. The SMILES string of the molecule is CCC1(CO)CCN(C(=O)NC(C)c2cc(C)oc2C)CC1. The molecular formula is C17H28N2O3. The first-order valence-electron chi connectivity index (χ1n) is 8.14. The Labute approximate surface area is 132 Å². The van der Waals surface area contributed by atoms with Crippen molar-refractivity contribution in [2.45, 2.75) is 53.0 Å². The van der Waals surface area contributed by atoms with E-state index in [1.165, 1.54) is 0 Å². The van der Waals surface area contributed by atoms with E-state index in [4.69, 9.17) is 4.42 Å². The molecule has 2 rings (SSSR count). The molecule has 2 heterocycles. The van der Waals surface area contributed by atoms with Crippen LogP contribution in [-0.2, 0) is 0 Å². The molecule has 0 aromatic carbocycles. The highest BCUT2D eigenvalue weighted by Gasteiger charge is 2.34. The highest BCUT2D eigenvalue weighted by atomic mass is 16.3. The summed E-state index contributed by atoms with van der Waals surface area (Å²) >= 11 is 0. The number of furan rings is 1. The molecule has 0 spiro atoms. The average molecular weight is 308 g/mol. The number of hydrogen-bond donors (Lipinski definition) is 2. The molecule has 5 heteroatoms. The number of hydrogen-bond acceptors (Lipinski definition) is 3. The summed E-state index contributed by atoms with van der Waals surface area (Å²) < 4.78 is 5.53. The number of likely N-dealkylation sites (tertiary alicyclic amines) is 1. The van der Waals surface area contributed by atoms with E-state index in [0.29, 0.717) is 13.1 Å². The number of urea groups is 1.